The van der Waals surface area contributed by atoms with Crippen LogP contribution >= 0.6 is 11.8 Å². The molecule has 1 N–H and O–H groups in total. The van der Waals surface area contributed by atoms with Crippen molar-refractivity contribution in [3.63, 3.8) is 0 Å². The van der Waals surface area contributed by atoms with Gasteiger partial charge in [0.25, 0.3) is 0 Å². The third kappa shape index (κ3) is 4.67. The molecule has 2 aromatic heterocycles. The second-order valence-corrected chi connectivity index (χ2v) is 6.19. The van der Waals surface area contributed by atoms with Gasteiger partial charge in [-0.2, -0.15) is 0 Å². The van der Waals surface area contributed by atoms with E-state index < -0.39 is 0 Å². The fourth-order valence-electron chi connectivity index (χ4n) is 2.30. The molecule has 7 heteroatoms. The Bertz CT molecular complexity index is 797. The summed E-state index contributed by atoms with van der Waals surface area (Å²) in [4.78, 5) is 16.3. The van der Waals surface area contributed by atoms with Gasteiger partial charge in [0.1, 0.15) is 11.5 Å². The van der Waals surface area contributed by atoms with E-state index in [2.05, 4.69) is 10.3 Å². The number of carbonyl (C=O) groups excluding carboxylic acids is 1. The van der Waals surface area contributed by atoms with Crippen LogP contribution in [0.15, 0.2) is 64.6 Å². The lowest BCUT2D eigenvalue weighted by atomic mass is 10.3. The largest absolute Gasteiger partial charge is 0.497 e. The molecular formula is C18H19N3O3S. The van der Waals surface area contributed by atoms with Crippen LogP contribution in [0.1, 0.15) is 5.76 Å². The Balaban J connectivity index is 1.51. The third-order valence-corrected chi connectivity index (χ3v) is 4.53. The van der Waals surface area contributed by atoms with Crippen LogP contribution in [0, 0.1) is 0 Å². The van der Waals surface area contributed by atoms with Crippen molar-refractivity contribution in [2.75, 3.05) is 19.4 Å². The normalized spacial score (nSPS) is 10.6. The van der Waals surface area contributed by atoms with Gasteiger partial charge in [-0.15, -0.1) is 0 Å². The number of nitrogens with one attached hydrogen (secondary N) is 1. The number of nitrogens with zero attached hydrogens (tertiary/aromatic N) is 2. The molecule has 0 aliphatic heterocycles. The van der Waals surface area contributed by atoms with E-state index in [-0.39, 0.29) is 5.91 Å². The smallest absolute Gasteiger partial charge is 0.230 e. The van der Waals surface area contributed by atoms with Gasteiger partial charge in [0.2, 0.25) is 5.91 Å². The number of hydrogen-bond acceptors (Lipinski definition) is 5. The maximum absolute atomic E-state index is 12.0. The lowest BCUT2D eigenvalue weighted by Crippen LogP contribution is -2.27. The fraction of sp³-hybridized carbons (Fsp3) is 0.222. The Morgan fingerprint density at radius 1 is 1.32 bits per heavy atom. The molecule has 0 fully saturated rings. The zero-order valence-corrected chi connectivity index (χ0v) is 14.7. The van der Waals surface area contributed by atoms with Crippen LogP contribution in [0.3, 0.4) is 0 Å². The van der Waals surface area contributed by atoms with E-state index >= 15 is 0 Å². The highest BCUT2D eigenvalue weighted by molar-refractivity contribution is 7.99. The van der Waals surface area contributed by atoms with E-state index in [1.807, 2.05) is 47.2 Å². The van der Waals surface area contributed by atoms with Gasteiger partial charge in [0.05, 0.1) is 19.1 Å². The minimum atomic E-state index is -0.0270. The standard InChI is InChI=1S/C18H19N3O3S/c1-23-15-6-4-14(5-7-15)21-11-10-20-18(21)25-13-17(22)19-9-8-16-3-2-12-24-16/h2-7,10-12H,8-9,13H2,1H3,(H,19,22). The summed E-state index contributed by atoms with van der Waals surface area (Å²) >= 11 is 1.40. The van der Waals surface area contributed by atoms with Crippen LogP contribution in [0.2, 0.25) is 0 Å². The second kappa shape index (κ2) is 8.43. The van der Waals surface area contributed by atoms with E-state index in [1.54, 1.807) is 19.6 Å². The van der Waals surface area contributed by atoms with Crippen LogP contribution in [0.25, 0.3) is 5.69 Å². The Morgan fingerprint density at radius 3 is 2.88 bits per heavy atom. The Labute approximate surface area is 150 Å². The number of ether oxygens (including phenoxy) is 1. The number of hydrogen-bond donors (Lipinski definition) is 1. The molecular weight excluding hydrogens is 338 g/mol. The minimum absolute atomic E-state index is 0.0270. The van der Waals surface area contributed by atoms with E-state index in [4.69, 9.17) is 9.15 Å². The number of benzene rings is 1. The van der Waals surface area contributed by atoms with Crippen molar-refractivity contribution >= 4 is 17.7 Å². The quantitative estimate of drug-likeness (QED) is 0.628. The highest BCUT2D eigenvalue weighted by atomic mass is 32.2. The van der Waals surface area contributed by atoms with Gasteiger partial charge in [-0.05, 0) is 36.4 Å². The number of thioether (sulfide) groups is 1. The van der Waals surface area contributed by atoms with Crippen LogP contribution < -0.4 is 10.1 Å². The van der Waals surface area contributed by atoms with Crippen LogP contribution in [0.5, 0.6) is 5.75 Å². The van der Waals surface area contributed by atoms with Crippen molar-refractivity contribution in [1.82, 2.24) is 14.9 Å². The molecule has 3 rings (SSSR count). The number of methoxy groups -OCH3 is 1. The van der Waals surface area contributed by atoms with Gasteiger partial charge in [-0.3, -0.25) is 9.36 Å². The van der Waals surface area contributed by atoms with Crippen molar-refractivity contribution in [2.24, 2.45) is 0 Å². The molecule has 0 saturated carbocycles. The summed E-state index contributed by atoms with van der Waals surface area (Å²) < 4.78 is 12.4. The predicted octanol–water partition coefficient (Wildman–Crippen LogP) is 2.92. The number of carbonyl (C=O) groups is 1. The summed E-state index contributed by atoms with van der Waals surface area (Å²) in [5.74, 6) is 1.95. The maximum atomic E-state index is 12.0. The molecule has 6 nitrogen and oxygen atoms in total. The first-order chi connectivity index (χ1) is 12.3. The molecule has 1 aromatic carbocycles. The van der Waals surface area contributed by atoms with Crippen molar-refractivity contribution in [3.05, 3.63) is 60.8 Å². The topological polar surface area (TPSA) is 69.3 Å². The summed E-state index contributed by atoms with van der Waals surface area (Å²) in [5, 5.41) is 3.65. The van der Waals surface area contributed by atoms with Gasteiger partial charge >= 0.3 is 0 Å². The second-order valence-electron chi connectivity index (χ2n) is 5.25. The molecule has 0 radical (unpaired) electrons. The molecule has 2 heterocycles. The Kier molecular flexibility index (Phi) is 5.79. The monoisotopic (exact) mass is 357 g/mol. The van der Waals surface area contributed by atoms with E-state index in [0.29, 0.717) is 18.7 Å². The van der Waals surface area contributed by atoms with E-state index in [9.17, 15) is 4.79 Å². The number of amides is 1. The maximum Gasteiger partial charge on any atom is 0.230 e. The summed E-state index contributed by atoms with van der Waals surface area (Å²) in [5.41, 5.74) is 0.971. The number of rotatable bonds is 8. The molecule has 0 saturated heterocycles. The van der Waals surface area contributed by atoms with Gasteiger partial charge in [0, 0.05) is 31.0 Å². The first-order valence-corrected chi connectivity index (χ1v) is 8.84. The van der Waals surface area contributed by atoms with Gasteiger partial charge in [-0.1, -0.05) is 11.8 Å². The molecule has 1 amide bonds. The molecule has 0 atom stereocenters. The Hall–Kier alpha value is -2.67. The lowest BCUT2D eigenvalue weighted by molar-refractivity contribution is -0.118. The molecule has 0 aliphatic carbocycles. The summed E-state index contributed by atoms with van der Waals surface area (Å²) in [6.07, 6.45) is 5.91. The predicted molar refractivity (Wildman–Crippen MR) is 96.3 cm³/mol. The van der Waals surface area contributed by atoms with Crippen molar-refractivity contribution in [2.45, 2.75) is 11.6 Å². The van der Waals surface area contributed by atoms with Crippen molar-refractivity contribution < 1.29 is 13.9 Å². The van der Waals surface area contributed by atoms with Crippen LogP contribution in [-0.2, 0) is 11.2 Å². The minimum Gasteiger partial charge on any atom is -0.497 e. The zero-order valence-electron chi connectivity index (χ0n) is 13.8. The molecule has 0 aliphatic rings. The molecule has 25 heavy (non-hydrogen) atoms. The average molecular weight is 357 g/mol. The van der Waals surface area contributed by atoms with Crippen molar-refractivity contribution in [3.8, 4) is 11.4 Å². The van der Waals surface area contributed by atoms with Gasteiger partial charge in [-0.25, -0.2) is 4.98 Å². The number of imidazole rings is 1. The third-order valence-electron chi connectivity index (χ3n) is 3.56. The number of aromatic nitrogens is 2. The first kappa shape index (κ1) is 17.2. The van der Waals surface area contributed by atoms with Crippen molar-refractivity contribution in [1.29, 1.82) is 0 Å². The van der Waals surface area contributed by atoms with Crippen LogP contribution in [0.4, 0.5) is 0 Å². The van der Waals surface area contributed by atoms with E-state index in [1.165, 1.54) is 11.8 Å². The zero-order chi connectivity index (χ0) is 17.5. The van der Waals surface area contributed by atoms with Gasteiger partial charge in [0.15, 0.2) is 5.16 Å². The fourth-order valence-corrected chi connectivity index (χ4v) is 3.10. The molecule has 0 unspecified atom stereocenters. The summed E-state index contributed by atoms with van der Waals surface area (Å²) in [7, 11) is 1.64. The average Bonchev–Trinajstić information content (AvgIpc) is 3.32. The highest BCUT2D eigenvalue weighted by Gasteiger charge is 2.09. The van der Waals surface area contributed by atoms with Gasteiger partial charge < -0.3 is 14.5 Å². The molecule has 130 valence electrons. The molecule has 0 bridgehead atoms. The molecule has 3 aromatic rings. The number of furan rings is 1. The SMILES string of the molecule is COc1ccc(-n2ccnc2SCC(=O)NCCc2ccco2)cc1. The first-order valence-electron chi connectivity index (χ1n) is 7.86. The summed E-state index contributed by atoms with van der Waals surface area (Å²) in [6.45, 7) is 0.555. The van der Waals surface area contributed by atoms with E-state index in [0.717, 1.165) is 22.4 Å². The highest BCUT2D eigenvalue weighted by Crippen LogP contribution is 2.22. The summed E-state index contributed by atoms with van der Waals surface area (Å²) in [6, 6.07) is 11.4. The Morgan fingerprint density at radius 2 is 2.16 bits per heavy atom. The lowest BCUT2D eigenvalue weighted by Gasteiger charge is -2.08. The van der Waals surface area contributed by atoms with Crippen LogP contribution in [-0.4, -0.2) is 34.9 Å². The molecule has 0 spiro atoms.